The lowest BCUT2D eigenvalue weighted by molar-refractivity contribution is 0.100. The van der Waals surface area contributed by atoms with Crippen LogP contribution in [-0.4, -0.2) is 44.5 Å². The molecule has 0 aliphatic heterocycles. The fourth-order valence-corrected chi connectivity index (χ4v) is 3.41. The first-order chi connectivity index (χ1) is 16.4. The van der Waals surface area contributed by atoms with Gasteiger partial charge in [-0.15, -0.1) is 0 Å². The summed E-state index contributed by atoms with van der Waals surface area (Å²) < 4.78 is 21.1. The number of aromatic nitrogens is 1. The Labute approximate surface area is 202 Å². The predicted octanol–water partition coefficient (Wildman–Crippen LogP) is 3.97. The van der Waals surface area contributed by atoms with E-state index in [0.29, 0.717) is 53.3 Å². The summed E-state index contributed by atoms with van der Waals surface area (Å²) in [6.07, 6.45) is 0.763. The zero-order valence-corrected chi connectivity index (χ0v) is 20.0. The van der Waals surface area contributed by atoms with Crippen molar-refractivity contribution in [1.29, 1.82) is 0 Å². The van der Waals surface area contributed by atoms with Gasteiger partial charge < -0.3 is 29.8 Å². The molecular weight excluding hydrogens is 460 g/mol. The number of methoxy groups -OCH3 is 2. The molecule has 0 aliphatic rings. The molecule has 0 radical (unpaired) electrons. The van der Waals surface area contributed by atoms with Crippen molar-refractivity contribution >= 4 is 23.5 Å². The van der Waals surface area contributed by atoms with E-state index in [1.165, 1.54) is 0 Å². The van der Waals surface area contributed by atoms with Gasteiger partial charge in [0.25, 0.3) is 5.91 Å². The zero-order valence-electron chi connectivity index (χ0n) is 19.3. The zero-order chi connectivity index (χ0) is 24.5. The van der Waals surface area contributed by atoms with E-state index in [-0.39, 0.29) is 11.5 Å². The average molecular weight is 487 g/mol. The van der Waals surface area contributed by atoms with Gasteiger partial charge in [-0.25, -0.2) is 0 Å². The van der Waals surface area contributed by atoms with Crippen LogP contribution in [0.1, 0.15) is 28.1 Å². The molecule has 0 fully saturated rings. The van der Waals surface area contributed by atoms with Crippen LogP contribution in [-0.2, 0) is 11.3 Å². The molecule has 3 rings (SSSR count). The highest BCUT2D eigenvalue weighted by Crippen LogP contribution is 2.27. The summed E-state index contributed by atoms with van der Waals surface area (Å²) in [5, 5.41) is 7.46. The van der Waals surface area contributed by atoms with Crippen molar-refractivity contribution < 1.29 is 23.5 Å². The highest BCUT2D eigenvalue weighted by atomic mass is 35.5. The van der Waals surface area contributed by atoms with Gasteiger partial charge in [-0.2, -0.15) is 4.99 Å². The van der Waals surface area contributed by atoms with Crippen LogP contribution in [0.5, 0.6) is 11.5 Å². The number of nitrogens with one attached hydrogen (secondary N) is 1. The fraction of sp³-hybridized carbons (Fsp3) is 0.292. The Morgan fingerprint density at radius 2 is 1.91 bits per heavy atom. The molecular formula is C24H27ClN4O5. The van der Waals surface area contributed by atoms with Gasteiger partial charge in [-0.05, 0) is 55.0 Å². The number of carbonyl (C=O) groups excluding carboxylic acids is 1. The third-order valence-corrected chi connectivity index (χ3v) is 5.05. The lowest BCUT2D eigenvalue weighted by Crippen LogP contribution is -2.32. The fourth-order valence-electron chi connectivity index (χ4n) is 3.17. The lowest BCUT2D eigenvalue weighted by Gasteiger charge is -2.10. The summed E-state index contributed by atoms with van der Waals surface area (Å²) >= 11 is 6.20. The van der Waals surface area contributed by atoms with Gasteiger partial charge in [0, 0.05) is 37.3 Å². The van der Waals surface area contributed by atoms with Crippen LogP contribution in [0.25, 0.3) is 11.3 Å². The maximum absolute atomic E-state index is 12.9. The molecule has 3 N–H and O–H groups in total. The Balaban J connectivity index is 1.68. The number of hydrogen-bond acceptors (Lipinski definition) is 6. The number of aliphatic imine (C=N–C) groups is 1. The number of amides is 1. The average Bonchev–Trinajstić information content (AvgIpc) is 3.22. The number of guanidine groups is 1. The van der Waals surface area contributed by atoms with Crippen LogP contribution >= 0.6 is 11.6 Å². The topological polar surface area (TPSA) is 121 Å². The molecule has 3 aromatic rings. The van der Waals surface area contributed by atoms with Crippen LogP contribution in [0.4, 0.5) is 0 Å². The SMILES string of the molecule is COCCCOc1cc(Cl)cc(CN/C(N)=N\C(=O)c2c(-c3ccc(OC)cc3)noc2C)c1. The Kier molecular flexibility index (Phi) is 8.89. The minimum atomic E-state index is -0.567. The second kappa shape index (κ2) is 12.1. The molecule has 0 atom stereocenters. The first-order valence-electron chi connectivity index (χ1n) is 10.6. The van der Waals surface area contributed by atoms with Gasteiger partial charge in [0.1, 0.15) is 28.5 Å². The lowest BCUT2D eigenvalue weighted by atomic mass is 10.1. The van der Waals surface area contributed by atoms with Gasteiger partial charge in [-0.1, -0.05) is 16.8 Å². The number of halogens is 1. The van der Waals surface area contributed by atoms with Crippen molar-refractivity contribution in [2.24, 2.45) is 10.7 Å². The molecule has 1 amide bonds. The van der Waals surface area contributed by atoms with E-state index in [9.17, 15) is 4.79 Å². The first-order valence-corrected chi connectivity index (χ1v) is 10.9. The molecule has 0 unspecified atom stereocenters. The quantitative estimate of drug-likeness (QED) is 0.251. The van der Waals surface area contributed by atoms with E-state index < -0.39 is 5.91 Å². The van der Waals surface area contributed by atoms with E-state index in [1.54, 1.807) is 57.5 Å². The molecule has 2 aromatic carbocycles. The van der Waals surface area contributed by atoms with Crippen LogP contribution < -0.4 is 20.5 Å². The molecule has 1 aromatic heterocycles. The highest BCUT2D eigenvalue weighted by Gasteiger charge is 2.21. The summed E-state index contributed by atoms with van der Waals surface area (Å²) in [6, 6.07) is 12.5. The van der Waals surface area contributed by atoms with Crippen molar-refractivity contribution in [2.45, 2.75) is 19.9 Å². The summed E-state index contributed by atoms with van der Waals surface area (Å²) in [7, 11) is 3.22. The van der Waals surface area contributed by atoms with Gasteiger partial charge in [0.15, 0.2) is 5.96 Å². The van der Waals surface area contributed by atoms with E-state index in [2.05, 4.69) is 15.5 Å². The second-order valence-electron chi connectivity index (χ2n) is 7.34. The van der Waals surface area contributed by atoms with Gasteiger partial charge in [0.2, 0.25) is 0 Å². The molecule has 0 bridgehead atoms. The van der Waals surface area contributed by atoms with E-state index >= 15 is 0 Å². The molecule has 34 heavy (non-hydrogen) atoms. The molecule has 0 saturated carbocycles. The van der Waals surface area contributed by atoms with Crippen LogP contribution in [0.2, 0.25) is 5.02 Å². The monoisotopic (exact) mass is 486 g/mol. The van der Waals surface area contributed by atoms with Crippen molar-refractivity contribution in [2.75, 3.05) is 27.4 Å². The smallest absolute Gasteiger partial charge is 0.286 e. The highest BCUT2D eigenvalue weighted by molar-refractivity contribution is 6.30. The van der Waals surface area contributed by atoms with Crippen LogP contribution in [0.3, 0.4) is 0 Å². The van der Waals surface area contributed by atoms with Crippen LogP contribution in [0.15, 0.2) is 52.0 Å². The maximum atomic E-state index is 12.9. The third-order valence-electron chi connectivity index (χ3n) is 4.83. The van der Waals surface area contributed by atoms with E-state index in [4.69, 9.17) is 36.1 Å². The standard InChI is InChI=1S/C24H27ClN4O5/c1-15-21(22(29-34-15)17-5-7-19(32-3)8-6-17)23(30)28-24(26)27-14-16-11-18(25)13-20(12-16)33-10-4-9-31-2/h5-8,11-13H,4,9-10,14H2,1-3H3,(H3,26,27,28,30). The van der Waals surface area contributed by atoms with E-state index in [0.717, 1.165) is 12.0 Å². The summed E-state index contributed by atoms with van der Waals surface area (Å²) in [4.78, 5) is 16.8. The van der Waals surface area contributed by atoms with Gasteiger partial charge >= 0.3 is 0 Å². The largest absolute Gasteiger partial charge is 0.497 e. The molecule has 0 spiro atoms. The first kappa shape index (κ1) is 25.1. The number of aryl methyl sites for hydroxylation is 1. The second-order valence-corrected chi connectivity index (χ2v) is 7.77. The normalized spacial score (nSPS) is 11.4. The number of nitrogens with two attached hydrogens (primary N) is 1. The summed E-state index contributed by atoms with van der Waals surface area (Å²) in [6.45, 7) is 3.06. The number of rotatable bonds is 10. The number of nitrogens with zero attached hydrogens (tertiary/aromatic N) is 2. The van der Waals surface area contributed by atoms with E-state index in [1.807, 2.05) is 6.07 Å². The maximum Gasteiger partial charge on any atom is 0.286 e. The number of carbonyl (C=O) groups is 1. The van der Waals surface area contributed by atoms with Crippen molar-refractivity contribution in [3.8, 4) is 22.8 Å². The summed E-state index contributed by atoms with van der Waals surface area (Å²) in [5.41, 5.74) is 8.10. The molecule has 0 saturated heterocycles. The van der Waals surface area contributed by atoms with Crippen LogP contribution in [0, 0.1) is 6.92 Å². The van der Waals surface area contributed by atoms with Gasteiger partial charge in [-0.3, -0.25) is 4.79 Å². The third kappa shape index (κ3) is 6.72. The minimum absolute atomic E-state index is 0.0474. The van der Waals surface area contributed by atoms with Crippen molar-refractivity contribution in [3.05, 3.63) is 64.4 Å². The van der Waals surface area contributed by atoms with Gasteiger partial charge in [0.05, 0.1) is 13.7 Å². The summed E-state index contributed by atoms with van der Waals surface area (Å²) in [5.74, 6) is 1.05. The molecule has 9 nitrogen and oxygen atoms in total. The van der Waals surface area contributed by atoms with Crippen molar-refractivity contribution in [1.82, 2.24) is 10.5 Å². The number of benzene rings is 2. The molecule has 1 heterocycles. The minimum Gasteiger partial charge on any atom is -0.497 e. The number of ether oxygens (including phenoxy) is 3. The Morgan fingerprint density at radius 1 is 1.15 bits per heavy atom. The Morgan fingerprint density at radius 3 is 2.62 bits per heavy atom. The predicted molar refractivity (Wildman–Crippen MR) is 129 cm³/mol. The molecule has 10 heteroatoms. The Bertz CT molecular complexity index is 1140. The van der Waals surface area contributed by atoms with Crippen molar-refractivity contribution in [3.63, 3.8) is 0 Å². The molecule has 0 aliphatic carbocycles. The molecule has 180 valence electrons. The number of hydrogen-bond donors (Lipinski definition) is 2. The Hall–Kier alpha value is -3.56.